The first-order valence-electron chi connectivity index (χ1n) is 8.73. The van der Waals surface area contributed by atoms with Gasteiger partial charge in [0, 0.05) is 25.2 Å². The molecule has 2 aromatic carbocycles. The van der Waals surface area contributed by atoms with Gasteiger partial charge >= 0.3 is 0 Å². The summed E-state index contributed by atoms with van der Waals surface area (Å²) in [6.45, 7) is 3.98. The number of amides is 2. The molecule has 2 atom stereocenters. The summed E-state index contributed by atoms with van der Waals surface area (Å²) in [5.74, 6) is -0.132. The second-order valence-corrected chi connectivity index (χ2v) is 6.64. The molecular formula is C20H24N4O2. The van der Waals surface area contributed by atoms with Crippen LogP contribution in [-0.2, 0) is 16.1 Å². The van der Waals surface area contributed by atoms with Crippen LogP contribution in [-0.4, -0.2) is 17.9 Å². The van der Waals surface area contributed by atoms with Gasteiger partial charge in [0.15, 0.2) is 0 Å². The van der Waals surface area contributed by atoms with Gasteiger partial charge < -0.3 is 10.6 Å². The van der Waals surface area contributed by atoms with E-state index in [4.69, 9.17) is 0 Å². The maximum Gasteiger partial charge on any atom is 0.238 e. The Morgan fingerprint density at radius 1 is 1.04 bits per heavy atom. The van der Waals surface area contributed by atoms with Crippen molar-refractivity contribution in [2.75, 3.05) is 5.32 Å². The van der Waals surface area contributed by atoms with Crippen LogP contribution >= 0.6 is 0 Å². The standard InChI is InChI=1S/C20H24N4O2/c1-13-3-7-16(8-4-13)18-11-19(24-23-18)20(26)21-12-15-5-9-17(10-6-15)22-14(2)25/h3-10,18-19,23-24H,11-12H2,1-2H3,(H,21,26)(H,22,25). The molecule has 2 unspecified atom stereocenters. The molecule has 1 aliphatic heterocycles. The van der Waals surface area contributed by atoms with Gasteiger partial charge in [-0.15, -0.1) is 0 Å². The fourth-order valence-corrected chi connectivity index (χ4v) is 2.97. The Labute approximate surface area is 153 Å². The largest absolute Gasteiger partial charge is 0.351 e. The molecule has 2 amide bonds. The van der Waals surface area contributed by atoms with E-state index >= 15 is 0 Å². The van der Waals surface area contributed by atoms with Crippen LogP contribution in [0.2, 0.25) is 0 Å². The van der Waals surface area contributed by atoms with Crippen LogP contribution in [0.3, 0.4) is 0 Å². The Kier molecular flexibility index (Phi) is 5.65. The monoisotopic (exact) mass is 352 g/mol. The van der Waals surface area contributed by atoms with Crippen molar-refractivity contribution in [3.63, 3.8) is 0 Å². The lowest BCUT2D eigenvalue weighted by Gasteiger charge is -2.11. The van der Waals surface area contributed by atoms with Crippen molar-refractivity contribution in [2.24, 2.45) is 0 Å². The van der Waals surface area contributed by atoms with Gasteiger partial charge in [-0.1, -0.05) is 42.0 Å². The number of benzene rings is 2. The molecule has 136 valence electrons. The van der Waals surface area contributed by atoms with Crippen molar-refractivity contribution in [1.29, 1.82) is 0 Å². The maximum atomic E-state index is 12.4. The Morgan fingerprint density at radius 3 is 2.38 bits per heavy atom. The number of hydrogen-bond acceptors (Lipinski definition) is 4. The molecule has 0 saturated carbocycles. The Bertz CT molecular complexity index is 771. The number of hydrogen-bond donors (Lipinski definition) is 4. The van der Waals surface area contributed by atoms with Crippen molar-refractivity contribution in [3.8, 4) is 0 Å². The van der Waals surface area contributed by atoms with Gasteiger partial charge in [0.25, 0.3) is 0 Å². The molecule has 4 N–H and O–H groups in total. The molecule has 26 heavy (non-hydrogen) atoms. The highest BCUT2D eigenvalue weighted by atomic mass is 16.2. The third-order valence-electron chi connectivity index (χ3n) is 4.44. The first-order valence-corrected chi connectivity index (χ1v) is 8.73. The lowest BCUT2D eigenvalue weighted by molar-refractivity contribution is -0.123. The van der Waals surface area contributed by atoms with Crippen molar-refractivity contribution in [1.82, 2.24) is 16.2 Å². The highest BCUT2D eigenvalue weighted by Gasteiger charge is 2.29. The molecule has 3 rings (SSSR count). The first kappa shape index (κ1) is 18.1. The van der Waals surface area contributed by atoms with Crippen LogP contribution in [0.5, 0.6) is 0 Å². The van der Waals surface area contributed by atoms with Crippen LogP contribution in [0.4, 0.5) is 5.69 Å². The van der Waals surface area contributed by atoms with Gasteiger partial charge in [-0.2, -0.15) is 0 Å². The molecule has 1 heterocycles. The minimum absolute atomic E-state index is 0.0296. The number of rotatable bonds is 5. The van der Waals surface area contributed by atoms with Crippen LogP contribution in [0.25, 0.3) is 0 Å². The fourth-order valence-electron chi connectivity index (χ4n) is 2.97. The lowest BCUT2D eigenvalue weighted by atomic mass is 10.0. The molecule has 0 aliphatic carbocycles. The molecule has 1 aliphatic rings. The molecule has 6 heteroatoms. The Balaban J connectivity index is 1.49. The van der Waals surface area contributed by atoms with Gasteiger partial charge in [-0.25, -0.2) is 10.9 Å². The third-order valence-corrected chi connectivity index (χ3v) is 4.44. The summed E-state index contributed by atoms with van der Waals surface area (Å²) in [4.78, 5) is 23.4. The Morgan fingerprint density at radius 2 is 1.73 bits per heavy atom. The van der Waals surface area contributed by atoms with Crippen LogP contribution in [0.1, 0.15) is 36.1 Å². The van der Waals surface area contributed by atoms with E-state index < -0.39 is 0 Å². The second kappa shape index (κ2) is 8.12. The summed E-state index contributed by atoms with van der Waals surface area (Å²) in [5, 5.41) is 5.67. The zero-order chi connectivity index (χ0) is 18.5. The van der Waals surface area contributed by atoms with E-state index in [-0.39, 0.29) is 23.9 Å². The summed E-state index contributed by atoms with van der Waals surface area (Å²) < 4.78 is 0. The minimum atomic E-state index is -0.264. The molecule has 2 aromatic rings. The summed E-state index contributed by atoms with van der Waals surface area (Å²) in [6.07, 6.45) is 0.705. The van der Waals surface area contributed by atoms with Crippen molar-refractivity contribution < 1.29 is 9.59 Å². The fraction of sp³-hybridized carbons (Fsp3) is 0.300. The number of nitrogens with one attached hydrogen (secondary N) is 4. The smallest absolute Gasteiger partial charge is 0.238 e. The molecule has 0 spiro atoms. The average molecular weight is 352 g/mol. The zero-order valence-electron chi connectivity index (χ0n) is 15.0. The van der Waals surface area contributed by atoms with E-state index in [1.807, 2.05) is 24.3 Å². The van der Waals surface area contributed by atoms with Gasteiger partial charge in [0.2, 0.25) is 11.8 Å². The van der Waals surface area contributed by atoms with Gasteiger partial charge in [0.1, 0.15) is 6.04 Å². The van der Waals surface area contributed by atoms with Crippen LogP contribution < -0.4 is 21.5 Å². The van der Waals surface area contributed by atoms with E-state index in [9.17, 15) is 9.59 Å². The SMILES string of the molecule is CC(=O)Nc1ccc(CNC(=O)C2CC(c3ccc(C)cc3)NN2)cc1. The predicted molar refractivity (Wildman–Crippen MR) is 101 cm³/mol. The van der Waals surface area contributed by atoms with E-state index in [2.05, 4.69) is 52.7 Å². The molecular weight excluding hydrogens is 328 g/mol. The van der Waals surface area contributed by atoms with E-state index in [0.29, 0.717) is 13.0 Å². The number of aryl methyl sites for hydroxylation is 1. The van der Waals surface area contributed by atoms with Crippen LogP contribution in [0.15, 0.2) is 48.5 Å². The van der Waals surface area contributed by atoms with E-state index in [1.54, 1.807) is 0 Å². The minimum Gasteiger partial charge on any atom is -0.351 e. The van der Waals surface area contributed by atoms with Crippen LogP contribution in [0, 0.1) is 6.92 Å². The molecule has 1 saturated heterocycles. The van der Waals surface area contributed by atoms with Crippen molar-refractivity contribution in [2.45, 2.75) is 38.9 Å². The summed E-state index contributed by atoms with van der Waals surface area (Å²) >= 11 is 0. The molecule has 0 bridgehead atoms. The highest BCUT2D eigenvalue weighted by Crippen LogP contribution is 2.22. The highest BCUT2D eigenvalue weighted by molar-refractivity contribution is 5.88. The number of carbonyl (C=O) groups is 2. The summed E-state index contributed by atoms with van der Waals surface area (Å²) in [5.41, 5.74) is 10.4. The maximum absolute atomic E-state index is 12.4. The first-order chi connectivity index (χ1) is 12.5. The molecule has 1 fully saturated rings. The number of carbonyl (C=O) groups excluding carboxylic acids is 2. The third kappa shape index (κ3) is 4.68. The quantitative estimate of drug-likeness (QED) is 0.665. The molecule has 6 nitrogen and oxygen atoms in total. The zero-order valence-corrected chi connectivity index (χ0v) is 15.0. The number of hydrazine groups is 1. The predicted octanol–water partition coefficient (Wildman–Crippen LogP) is 2.18. The summed E-state index contributed by atoms with van der Waals surface area (Å²) in [7, 11) is 0. The topological polar surface area (TPSA) is 82.3 Å². The lowest BCUT2D eigenvalue weighted by Crippen LogP contribution is -2.42. The normalized spacial score (nSPS) is 19.2. The van der Waals surface area contributed by atoms with Gasteiger partial charge in [-0.3, -0.25) is 9.59 Å². The Hall–Kier alpha value is -2.70. The molecule has 0 radical (unpaired) electrons. The van der Waals surface area contributed by atoms with Crippen molar-refractivity contribution in [3.05, 3.63) is 65.2 Å². The summed E-state index contributed by atoms with van der Waals surface area (Å²) in [6, 6.07) is 15.6. The van der Waals surface area contributed by atoms with Gasteiger partial charge in [-0.05, 0) is 36.6 Å². The van der Waals surface area contributed by atoms with Gasteiger partial charge in [0.05, 0.1) is 0 Å². The van der Waals surface area contributed by atoms with E-state index in [1.165, 1.54) is 18.1 Å². The average Bonchev–Trinajstić information content (AvgIpc) is 3.11. The van der Waals surface area contributed by atoms with Crippen molar-refractivity contribution >= 4 is 17.5 Å². The molecule has 0 aromatic heterocycles. The van der Waals surface area contributed by atoms with E-state index in [0.717, 1.165) is 11.3 Å². The second-order valence-electron chi connectivity index (χ2n) is 6.64. The number of anilines is 1.